The minimum absolute atomic E-state index is 0.0166. The number of nitrogens with one attached hydrogen (secondary N) is 1. The molecule has 1 aliphatic rings. The molecule has 2 amide bonds. The van der Waals surface area contributed by atoms with Crippen LogP contribution in [0.4, 0.5) is 11.4 Å². The van der Waals surface area contributed by atoms with Gasteiger partial charge in [0.1, 0.15) is 0 Å². The third kappa shape index (κ3) is 4.35. The van der Waals surface area contributed by atoms with Crippen LogP contribution in [0.1, 0.15) is 21.5 Å². The fraction of sp³-hybridized carbons (Fsp3) is 0.200. The van der Waals surface area contributed by atoms with Crippen LogP contribution in [-0.2, 0) is 17.8 Å². The zero-order valence-corrected chi connectivity index (χ0v) is 17.0. The summed E-state index contributed by atoms with van der Waals surface area (Å²) in [5.74, 6) is -0.337. The molecule has 0 aromatic heterocycles. The Labute approximate surface area is 176 Å². The molecule has 152 valence electrons. The lowest BCUT2D eigenvalue weighted by atomic mass is 10.1. The van der Waals surface area contributed by atoms with Gasteiger partial charge in [0.2, 0.25) is 5.91 Å². The molecule has 1 heterocycles. The molecule has 0 fully saturated rings. The van der Waals surface area contributed by atoms with Crippen LogP contribution in [-0.4, -0.2) is 32.0 Å². The van der Waals surface area contributed by atoms with Gasteiger partial charge in [0.15, 0.2) is 0 Å². The lowest BCUT2D eigenvalue weighted by Crippen LogP contribution is -2.39. The number of benzene rings is 3. The molecule has 0 unspecified atom stereocenters. The van der Waals surface area contributed by atoms with Crippen LogP contribution in [0.15, 0.2) is 78.9 Å². The smallest absolute Gasteiger partial charge is 0.251 e. The zero-order valence-electron chi connectivity index (χ0n) is 17.0. The van der Waals surface area contributed by atoms with Gasteiger partial charge in [-0.05, 0) is 41.8 Å². The van der Waals surface area contributed by atoms with E-state index in [1.54, 1.807) is 11.0 Å². The first-order chi connectivity index (χ1) is 14.6. The van der Waals surface area contributed by atoms with Crippen LogP contribution in [0.25, 0.3) is 0 Å². The van der Waals surface area contributed by atoms with Gasteiger partial charge in [-0.25, -0.2) is 0 Å². The van der Waals surface area contributed by atoms with E-state index in [0.717, 1.165) is 24.3 Å². The fourth-order valence-electron chi connectivity index (χ4n) is 3.78. The van der Waals surface area contributed by atoms with Gasteiger partial charge < -0.3 is 15.1 Å². The number of hydrogen-bond donors (Lipinski definition) is 1. The number of nitrogens with zero attached hydrogens (tertiary/aromatic N) is 2. The summed E-state index contributed by atoms with van der Waals surface area (Å²) in [4.78, 5) is 29.1. The van der Waals surface area contributed by atoms with Crippen LogP contribution >= 0.6 is 0 Å². The van der Waals surface area contributed by atoms with Crippen LogP contribution in [0.5, 0.6) is 0 Å². The molecule has 5 heteroatoms. The van der Waals surface area contributed by atoms with Gasteiger partial charge in [-0.1, -0.05) is 54.6 Å². The van der Waals surface area contributed by atoms with Crippen molar-refractivity contribution >= 4 is 23.2 Å². The van der Waals surface area contributed by atoms with Crippen molar-refractivity contribution in [1.29, 1.82) is 0 Å². The summed E-state index contributed by atoms with van der Waals surface area (Å²) in [5, 5.41) is 2.77. The van der Waals surface area contributed by atoms with Gasteiger partial charge in [0.25, 0.3) is 5.91 Å². The number of carbonyl (C=O) groups is 2. The highest BCUT2D eigenvalue weighted by Crippen LogP contribution is 2.27. The van der Waals surface area contributed by atoms with E-state index >= 15 is 0 Å². The first kappa shape index (κ1) is 19.7. The molecular weight excluding hydrogens is 374 g/mol. The third-order valence-electron chi connectivity index (χ3n) is 5.40. The molecule has 1 aliphatic heterocycles. The highest BCUT2D eigenvalue weighted by molar-refractivity contribution is 6.01. The summed E-state index contributed by atoms with van der Waals surface area (Å²) in [5.41, 5.74) is 4.81. The van der Waals surface area contributed by atoms with Crippen LogP contribution in [0.2, 0.25) is 0 Å². The lowest BCUT2D eigenvalue weighted by molar-refractivity contribution is -0.117. The van der Waals surface area contributed by atoms with Crippen molar-refractivity contribution in [3.05, 3.63) is 95.6 Å². The number of hydrogen-bond acceptors (Lipinski definition) is 3. The normalized spacial score (nSPS) is 12.4. The van der Waals surface area contributed by atoms with E-state index in [-0.39, 0.29) is 18.4 Å². The highest BCUT2D eigenvalue weighted by atomic mass is 16.2. The average molecular weight is 399 g/mol. The van der Waals surface area contributed by atoms with E-state index in [4.69, 9.17) is 0 Å². The van der Waals surface area contributed by atoms with Crippen LogP contribution in [0.3, 0.4) is 0 Å². The van der Waals surface area contributed by atoms with Crippen molar-refractivity contribution in [2.24, 2.45) is 0 Å². The Morgan fingerprint density at radius 3 is 2.57 bits per heavy atom. The number of anilines is 2. The van der Waals surface area contributed by atoms with E-state index in [9.17, 15) is 9.59 Å². The van der Waals surface area contributed by atoms with Crippen molar-refractivity contribution < 1.29 is 9.59 Å². The number of fused-ring (bicyclic) bond motifs is 1. The predicted molar refractivity (Wildman–Crippen MR) is 120 cm³/mol. The molecule has 0 saturated heterocycles. The van der Waals surface area contributed by atoms with Gasteiger partial charge in [0, 0.05) is 37.1 Å². The molecule has 0 bridgehead atoms. The summed E-state index contributed by atoms with van der Waals surface area (Å²) >= 11 is 0. The maximum absolute atomic E-state index is 12.6. The summed E-state index contributed by atoms with van der Waals surface area (Å²) in [7, 11) is 2.00. The van der Waals surface area contributed by atoms with Crippen molar-refractivity contribution in [2.75, 3.05) is 29.9 Å². The SMILES string of the molecule is CN(Cc1ccccc1)c1cccc(C(=O)NCC(=O)N2CCc3ccccc32)c1. The predicted octanol–water partition coefficient (Wildman–Crippen LogP) is 3.64. The number of carbonyl (C=O) groups excluding carboxylic acids is 2. The summed E-state index contributed by atoms with van der Waals surface area (Å²) in [6.45, 7) is 1.39. The van der Waals surface area contributed by atoms with E-state index in [1.165, 1.54) is 11.1 Å². The van der Waals surface area contributed by atoms with Crippen LogP contribution < -0.4 is 15.1 Å². The molecule has 3 aromatic carbocycles. The molecule has 0 spiro atoms. The minimum atomic E-state index is -0.245. The highest BCUT2D eigenvalue weighted by Gasteiger charge is 2.24. The van der Waals surface area contributed by atoms with E-state index in [2.05, 4.69) is 22.3 Å². The van der Waals surface area contributed by atoms with Gasteiger partial charge in [-0.3, -0.25) is 9.59 Å². The molecule has 1 N–H and O–H groups in total. The monoisotopic (exact) mass is 399 g/mol. The Kier molecular flexibility index (Phi) is 5.80. The summed E-state index contributed by atoms with van der Waals surface area (Å²) in [6, 6.07) is 25.6. The largest absolute Gasteiger partial charge is 0.370 e. The quantitative estimate of drug-likeness (QED) is 0.689. The van der Waals surface area contributed by atoms with Gasteiger partial charge >= 0.3 is 0 Å². The summed E-state index contributed by atoms with van der Waals surface area (Å²) in [6.07, 6.45) is 0.853. The molecule has 30 heavy (non-hydrogen) atoms. The van der Waals surface area contributed by atoms with Crippen LogP contribution in [0, 0.1) is 0 Å². The van der Waals surface area contributed by atoms with Gasteiger partial charge in [-0.2, -0.15) is 0 Å². The van der Waals surface area contributed by atoms with Crippen molar-refractivity contribution in [3.8, 4) is 0 Å². The topological polar surface area (TPSA) is 52.7 Å². The van der Waals surface area contributed by atoms with Gasteiger partial charge in [-0.15, -0.1) is 0 Å². The van der Waals surface area contributed by atoms with Crippen molar-refractivity contribution in [3.63, 3.8) is 0 Å². The fourth-order valence-corrected chi connectivity index (χ4v) is 3.78. The number of amides is 2. The Bertz CT molecular complexity index is 1050. The molecule has 4 rings (SSSR count). The standard InChI is InChI=1S/C25H25N3O2/c1-27(18-19-8-3-2-4-9-19)22-12-7-11-21(16-22)25(30)26-17-24(29)28-15-14-20-10-5-6-13-23(20)28/h2-13,16H,14-15,17-18H2,1H3,(H,26,30). The second kappa shape index (κ2) is 8.82. The van der Waals surface area contributed by atoms with Crippen molar-refractivity contribution in [1.82, 2.24) is 5.32 Å². The molecule has 3 aromatic rings. The Balaban J connectivity index is 1.37. The van der Waals surface area contributed by atoms with E-state index in [1.807, 2.05) is 67.7 Å². The Morgan fingerprint density at radius 1 is 0.967 bits per heavy atom. The second-order valence-electron chi connectivity index (χ2n) is 7.50. The molecule has 5 nitrogen and oxygen atoms in total. The molecule has 0 radical (unpaired) electrons. The van der Waals surface area contributed by atoms with Crippen molar-refractivity contribution in [2.45, 2.75) is 13.0 Å². The molecule has 0 saturated carbocycles. The Morgan fingerprint density at radius 2 is 1.73 bits per heavy atom. The average Bonchev–Trinajstić information content (AvgIpc) is 3.22. The first-order valence-electron chi connectivity index (χ1n) is 10.1. The van der Waals surface area contributed by atoms with E-state index < -0.39 is 0 Å². The second-order valence-corrected chi connectivity index (χ2v) is 7.50. The summed E-state index contributed by atoms with van der Waals surface area (Å²) < 4.78 is 0. The maximum Gasteiger partial charge on any atom is 0.251 e. The Hall–Kier alpha value is -3.60. The van der Waals surface area contributed by atoms with E-state index in [0.29, 0.717) is 12.1 Å². The number of para-hydroxylation sites is 1. The maximum atomic E-state index is 12.6. The third-order valence-corrected chi connectivity index (χ3v) is 5.40. The molecular formula is C25H25N3O2. The lowest BCUT2D eigenvalue weighted by Gasteiger charge is -2.20. The molecule has 0 aliphatic carbocycles. The molecule has 0 atom stereocenters. The van der Waals surface area contributed by atoms with Gasteiger partial charge in [0.05, 0.1) is 6.54 Å². The zero-order chi connectivity index (χ0) is 20.9. The minimum Gasteiger partial charge on any atom is -0.370 e. The first-order valence-corrected chi connectivity index (χ1v) is 10.1. The number of rotatable bonds is 6.